The molecule has 15 heavy (non-hydrogen) atoms. The van der Waals surface area contributed by atoms with Gasteiger partial charge in [0.15, 0.2) is 0 Å². The maximum atomic E-state index is 5.53. The zero-order valence-corrected chi connectivity index (χ0v) is 9.32. The third-order valence-corrected chi connectivity index (χ3v) is 3.35. The molecule has 0 bridgehead atoms. The number of tetrazole rings is 1. The molecular formula is C8H15N5OS. The second-order valence-electron chi connectivity index (χ2n) is 3.42. The Bertz CT molecular complexity index is 299. The van der Waals surface area contributed by atoms with Crippen LogP contribution in [0.15, 0.2) is 5.16 Å². The molecule has 1 aromatic rings. The lowest BCUT2D eigenvalue weighted by atomic mass is 10.3. The van der Waals surface area contributed by atoms with Crippen molar-refractivity contribution in [1.82, 2.24) is 20.2 Å². The molecule has 7 heteroatoms. The first-order chi connectivity index (χ1) is 7.40. The van der Waals surface area contributed by atoms with Crippen LogP contribution in [0.5, 0.6) is 0 Å². The Kier molecular flexibility index (Phi) is 3.93. The van der Waals surface area contributed by atoms with E-state index in [9.17, 15) is 0 Å². The molecule has 0 spiro atoms. The van der Waals surface area contributed by atoms with E-state index in [1.807, 2.05) is 0 Å². The standard InChI is InChI=1S/C8H15N5OS/c9-3-4-13-8(10-11-12-13)15-6-7-2-1-5-14-7/h7H,1-6,9H2. The smallest absolute Gasteiger partial charge is 0.209 e. The van der Waals surface area contributed by atoms with Gasteiger partial charge in [0, 0.05) is 18.9 Å². The van der Waals surface area contributed by atoms with Gasteiger partial charge in [-0.05, 0) is 23.3 Å². The van der Waals surface area contributed by atoms with Gasteiger partial charge in [0.1, 0.15) is 0 Å². The fourth-order valence-corrected chi connectivity index (χ4v) is 2.47. The van der Waals surface area contributed by atoms with Gasteiger partial charge in [0.05, 0.1) is 12.6 Å². The van der Waals surface area contributed by atoms with Crippen LogP contribution in [0.1, 0.15) is 12.8 Å². The molecule has 2 rings (SSSR count). The first kappa shape index (κ1) is 10.8. The molecule has 0 amide bonds. The summed E-state index contributed by atoms with van der Waals surface area (Å²) in [7, 11) is 0. The third-order valence-electron chi connectivity index (χ3n) is 2.26. The molecule has 0 aromatic carbocycles. The summed E-state index contributed by atoms with van der Waals surface area (Å²) in [6.07, 6.45) is 2.67. The normalized spacial score (nSPS) is 21.0. The summed E-state index contributed by atoms with van der Waals surface area (Å²) in [5.41, 5.74) is 5.46. The van der Waals surface area contributed by atoms with Gasteiger partial charge in [-0.25, -0.2) is 4.68 Å². The molecule has 1 atom stereocenters. The monoisotopic (exact) mass is 229 g/mol. The Hall–Kier alpha value is -0.660. The van der Waals surface area contributed by atoms with E-state index in [4.69, 9.17) is 10.5 Å². The summed E-state index contributed by atoms with van der Waals surface area (Å²) < 4.78 is 7.26. The number of ether oxygens (including phenoxy) is 1. The van der Waals surface area contributed by atoms with E-state index >= 15 is 0 Å². The fourth-order valence-electron chi connectivity index (χ4n) is 1.51. The van der Waals surface area contributed by atoms with Gasteiger partial charge < -0.3 is 10.5 Å². The summed E-state index contributed by atoms with van der Waals surface area (Å²) in [4.78, 5) is 0. The van der Waals surface area contributed by atoms with Crippen LogP contribution < -0.4 is 5.73 Å². The van der Waals surface area contributed by atoms with Crippen molar-refractivity contribution in [3.05, 3.63) is 0 Å². The lowest BCUT2D eigenvalue weighted by Gasteiger charge is -2.07. The van der Waals surface area contributed by atoms with Crippen LogP contribution in [0.25, 0.3) is 0 Å². The molecule has 1 aromatic heterocycles. The minimum absolute atomic E-state index is 0.359. The molecule has 84 valence electrons. The van der Waals surface area contributed by atoms with E-state index in [-0.39, 0.29) is 0 Å². The van der Waals surface area contributed by atoms with E-state index < -0.39 is 0 Å². The van der Waals surface area contributed by atoms with Crippen molar-refractivity contribution in [3.63, 3.8) is 0 Å². The molecule has 0 saturated carbocycles. The number of hydrogen-bond acceptors (Lipinski definition) is 6. The maximum absolute atomic E-state index is 5.53. The second kappa shape index (κ2) is 5.43. The van der Waals surface area contributed by atoms with Gasteiger partial charge in [-0.1, -0.05) is 11.8 Å². The number of hydrogen-bond donors (Lipinski definition) is 1. The Morgan fingerprint density at radius 2 is 2.53 bits per heavy atom. The summed E-state index contributed by atoms with van der Waals surface area (Å²) >= 11 is 1.64. The number of aromatic nitrogens is 4. The lowest BCUT2D eigenvalue weighted by Crippen LogP contribution is -2.13. The van der Waals surface area contributed by atoms with Gasteiger partial charge in [-0.2, -0.15) is 0 Å². The van der Waals surface area contributed by atoms with Gasteiger partial charge in [-0.3, -0.25) is 0 Å². The summed E-state index contributed by atoms with van der Waals surface area (Å²) in [6.45, 7) is 2.11. The van der Waals surface area contributed by atoms with Gasteiger partial charge in [0.25, 0.3) is 0 Å². The fraction of sp³-hybridized carbons (Fsp3) is 0.875. The van der Waals surface area contributed by atoms with Gasteiger partial charge in [0.2, 0.25) is 5.16 Å². The van der Waals surface area contributed by atoms with E-state index in [0.29, 0.717) is 19.2 Å². The zero-order chi connectivity index (χ0) is 10.5. The number of nitrogens with two attached hydrogens (primary N) is 1. The van der Waals surface area contributed by atoms with Crippen molar-refractivity contribution in [2.24, 2.45) is 5.73 Å². The van der Waals surface area contributed by atoms with Crippen molar-refractivity contribution in [1.29, 1.82) is 0 Å². The molecule has 6 nitrogen and oxygen atoms in total. The first-order valence-corrected chi connectivity index (χ1v) is 6.09. The number of nitrogens with zero attached hydrogens (tertiary/aromatic N) is 4. The van der Waals surface area contributed by atoms with Crippen molar-refractivity contribution in [2.75, 3.05) is 18.9 Å². The van der Waals surface area contributed by atoms with Crippen LogP contribution in [0.4, 0.5) is 0 Å². The minimum Gasteiger partial charge on any atom is -0.377 e. The third kappa shape index (κ3) is 2.90. The van der Waals surface area contributed by atoms with Crippen molar-refractivity contribution in [3.8, 4) is 0 Å². The topological polar surface area (TPSA) is 78.9 Å². The van der Waals surface area contributed by atoms with Gasteiger partial charge in [-0.15, -0.1) is 5.10 Å². The van der Waals surface area contributed by atoms with E-state index in [2.05, 4.69) is 15.5 Å². The zero-order valence-electron chi connectivity index (χ0n) is 8.50. The van der Waals surface area contributed by atoms with Crippen LogP contribution in [-0.2, 0) is 11.3 Å². The summed E-state index contributed by atoms with van der Waals surface area (Å²) in [5.74, 6) is 0.922. The average Bonchev–Trinajstić information content (AvgIpc) is 2.85. The molecule has 2 heterocycles. The van der Waals surface area contributed by atoms with E-state index in [1.54, 1.807) is 16.4 Å². The van der Waals surface area contributed by atoms with Crippen LogP contribution in [0, 0.1) is 0 Å². The Morgan fingerprint density at radius 1 is 1.60 bits per heavy atom. The maximum Gasteiger partial charge on any atom is 0.209 e. The van der Waals surface area contributed by atoms with Crippen LogP contribution in [0.3, 0.4) is 0 Å². The highest BCUT2D eigenvalue weighted by Crippen LogP contribution is 2.21. The molecule has 2 N–H and O–H groups in total. The minimum atomic E-state index is 0.359. The predicted octanol–water partition coefficient (Wildman–Crippen LogP) is -0.0971. The second-order valence-corrected chi connectivity index (χ2v) is 4.41. The van der Waals surface area contributed by atoms with Gasteiger partial charge >= 0.3 is 0 Å². The molecule has 0 radical (unpaired) electrons. The van der Waals surface area contributed by atoms with E-state index in [0.717, 1.165) is 23.9 Å². The summed E-state index contributed by atoms with van der Waals surface area (Å²) in [6, 6.07) is 0. The van der Waals surface area contributed by atoms with E-state index in [1.165, 1.54) is 6.42 Å². The number of thioether (sulfide) groups is 1. The molecule has 1 aliphatic rings. The molecule has 1 saturated heterocycles. The van der Waals surface area contributed by atoms with Crippen molar-refractivity contribution < 1.29 is 4.74 Å². The highest BCUT2D eigenvalue weighted by atomic mass is 32.2. The molecule has 1 fully saturated rings. The number of rotatable bonds is 5. The Balaban J connectivity index is 1.83. The molecule has 0 aliphatic carbocycles. The predicted molar refractivity (Wildman–Crippen MR) is 56.6 cm³/mol. The van der Waals surface area contributed by atoms with Crippen LogP contribution in [0.2, 0.25) is 0 Å². The van der Waals surface area contributed by atoms with Crippen LogP contribution >= 0.6 is 11.8 Å². The van der Waals surface area contributed by atoms with Crippen molar-refractivity contribution >= 4 is 11.8 Å². The molecule has 1 aliphatic heterocycles. The highest BCUT2D eigenvalue weighted by molar-refractivity contribution is 7.99. The quantitative estimate of drug-likeness (QED) is 0.710. The van der Waals surface area contributed by atoms with Crippen molar-refractivity contribution in [2.45, 2.75) is 30.6 Å². The first-order valence-electron chi connectivity index (χ1n) is 5.11. The lowest BCUT2D eigenvalue weighted by molar-refractivity contribution is 0.129. The van der Waals surface area contributed by atoms with Crippen LogP contribution in [-0.4, -0.2) is 45.2 Å². The average molecular weight is 229 g/mol. The largest absolute Gasteiger partial charge is 0.377 e. The Morgan fingerprint density at radius 3 is 3.27 bits per heavy atom. The molecule has 1 unspecified atom stereocenters. The highest BCUT2D eigenvalue weighted by Gasteiger charge is 2.17. The molecular weight excluding hydrogens is 214 g/mol. The SMILES string of the molecule is NCCn1nnnc1SCC1CCCO1. The Labute approximate surface area is 92.5 Å². The summed E-state index contributed by atoms with van der Waals surface area (Å²) in [5, 5.41) is 12.3.